The molecule has 0 spiro atoms. The van der Waals surface area contributed by atoms with Crippen LogP contribution in [0, 0.1) is 5.92 Å². The zero-order chi connectivity index (χ0) is 14.3. The number of rotatable bonds is 8. The van der Waals surface area contributed by atoms with Crippen LogP contribution in [-0.2, 0) is 0 Å². The molecule has 0 amide bonds. The molecule has 0 aliphatic heterocycles. The van der Waals surface area contributed by atoms with Crippen LogP contribution >= 0.6 is 27.5 Å². The number of nitrogens with one attached hydrogen (secondary N) is 1. The molecule has 0 radical (unpaired) electrons. The molecule has 1 rings (SSSR count). The Hall–Kier alpha value is -0.0500. The van der Waals surface area contributed by atoms with Gasteiger partial charge in [0.15, 0.2) is 0 Å². The quantitative estimate of drug-likeness (QED) is 0.611. The van der Waals surface area contributed by atoms with Gasteiger partial charge in [-0.15, -0.1) is 0 Å². The summed E-state index contributed by atoms with van der Waals surface area (Å²) in [5.41, 5.74) is 1.28. The molecule has 1 N–H and O–H groups in total. The summed E-state index contributed by atoms with van der Waals surface area (Å²) in [4.78, 5) is 0. The van der Waals surface area contributed by atoms with Crippen LogP contribution in [0.4, 0.5) is 0 Å². The smallest absolute Gasteiger partial charge is 0.0410 e. The Kier molecular flexibility index (Phi) is 8.05. The first-order chi connectivity index (χ1) is 9.08. The summed E-state index contributed by atoms with van der Waals surface area (Å²) < 4.78 is 1.15. The molecule has 0 aromatic heterocycles. The van der Waals surface area contributed by atoms with E-state index >= 15 is 0 Å². The minimum absolute atomic E-state index is 0.384. The summed E-state index contributed by atoms with van der Waals surface area (Å²) in [7, 11) is 0. The van der Waals surface area contributed by atoms with Crippen LogP contribution in [0.25, 0.3) is 0 Å². The number of halogens is 2. The van der Waals surface area contributed by atoms with Crippen LogP contribution in [0.15, 0.2) is 22.7 Å². The zero-order valence-corrected chi connectivity index (χ0v) is 14.5. The molecule has 1 nitrogen and oxygen atoms in total. The molecule has 3 heteroatoms. The third-order valence-electron chi connectivity index (χ3n) is 3.39. The number of benzene rings is 1. The minimum Gasteiger partial charge on any atom is -0.310 e. The van der Waals surface area contributed by atoms with Crippen molar-refractivity contribution in [2.75, 3.05) is 6.54 Å². The van der Waals surface area contributed by atoms with Gasteiger partial charge in [0.05, 0.1) is 0 Å². The Morgan fingerprint density at radius 1 is 1.26 bits per heavy atom. The third-order valence-corrected chi connectivity index (χ3v) is 4.35. The molecule has 108 valence electrons. The van der Waals surface area contributed by atoms with E-state index < -0.39 is 0 Å². The fraction of sp³-hybridized carbons (Fsp3) is 0.625. The lowest BCUT2D eigenvalue weighted by molar-refractivity contribution is 0.389. The molecular weight excluding hydrogens is 322 g/mol. The van der Waals surface area contributed by atoms with E-state index in [-0.39, 0.29) is 0 Å². The molecule has 0 heterocycles. The van der Waals surface area contributed by atoms with Gasteiger partial charge in [-0.1, -0.05) is 61.1 Å². The molecule has 0 bridgehead atoms. The normalized spacial score (nSPS) is 14.4. The van der Waals surface area contributed by atoms with Crippen molar-refractivity contribution in [2.24, 2.45) is 5.92 Å². The Morgan fingerprint density at radius 3 is 2.63 bits per heavy atom. The maximum Gasteiger partial charge on any atom is 0.0410 e. The van der Waals surface area contributed by atoms with E-state index in [0.717, 1.165) is 34.8 Å². The zero-order valence-electron chi connectivity index (χ0n) is 12.2. The molecule has 2 atom stereocenters. The van der Waals surface area contributed by atoms with Crippen molar-refractivity contribution >= 4 is 27.5 Å². The van der Waals surface area contributed by atoms with E-state index in [1.54, 1.807) is 0 Å². The average molecular weight is 347 g/mol. The fourth-order valence-electron chi connectivity index (χ4n) is 2.43. The first kappa shape index (κ1) is 17.0. The standard InChI is InChI=1S/C16H25BrClN/c1-4-6-12(3)10-16(19-9-5-2)14-11-13(18)7-8-15(14)17/h7-8,11-12,16,19H,4-6,9-10H2,1-3H3. The van der Waals surface area contributed by atoms with E-state index in [4.69, 9.17) is 11.6 Å². The molecule has 0 fully saturated rings. The summed E-state index contributed by atoms with van der Waals surface area (Å²) in [6.45, 7) is 7.83. The van der Waals surface area contributed by atoms with Gasteiger partial charge < -0.3 is 5.32 Å². The van der Waals surface area contributed by atoms with Gasteiger partial charge in [-0.05, 0) is 49.1 Å². The van der Waals surface area contributed by atoms with Crippen molar-refractivity contribution < 1.29 is 0 Å². The van der Waals surface area contributed by atoms with Crippen molar-refractivity contribution in [1.82, 2.24) is 5.32 Å². The third kappa shape index (κ3) is 5.85. The van der Waals surface area contributed by atoms with Crippen molar-refractivity contribution in [3.05, 3.63) is 33.3 Å². The highest BCUT2D eigenvalue weighted by Crippen LogP contribution is 2.31. The highest BCUT2D eigenvalue weighted by atomic mass is 79.9. The van der Waals surface area contributed by atoms with Gasteiger partial charge in [-0.3, -0.25) is 0 Å². The lowest BCUT2D eigenvalue weighted by Crippen LogP contribution is -2.24. The number of hydrogen-bond acceptors (Lipinski definition) is 1. The number of hydrogen-bond donors (Lipinski definition) is 1. The summed E-state index contributed by atoms with van der Waals surface area (Å²) in [6.07, 6.45) is 4.84. The van der Waals surface area contributed by atoms with Crippen LogP contribution in [0.3, 0.4) is 0 Å². The maximum atomic E-state index is 6.14. The predicted molar refractivity (Wildman–Crippen MR) is 88.9 cm³/mol. The minimum atomic E-state index is 0.384. The van der Waals surface area contributed by atoms with Gasteiger partial charge in [0.25, 0.3) is 0 Å². The van der Waals surface area contributed by atoms with Gasteiger partial charge in [0.2, 0.25) is 0 Å². The van der Waals surface area contributed by atoms with Gasteiger partial charge in [-0.2, -0.15) is 0 Å². The van der Waals surface area contributed by atoms with Gasteiger partial charge in [-0.25, -0.2) is 0 Å². The van der Waals surface area contributed by atoms with Crippen molar-refractivity contribution in [3.63, 3.8) is 0 Å². The van der Waals surface area contributed by atoms with E-state index in [1.807, 2.05) is 12.1 Å². The second-order valence-corrected chi connectivity index (χ2v) is 6.59. The molecule has 2 unspecified atom stereocenters. The molecule has 1 aromatic carbocycles. The lowest BCUT2D eigenvalue weighted by Gasteiger charge is -2.24. The average Bonchev–Trinajstić information content (AvgIpc) is 2.38. The van der Waals surface area contributed by atoms with Gasteiger partial charge >= 0.3 is 0 Å². The molecular formula is C16H25BrClN. The summed E-state index contributed by atoms with van der Waals surface area (Å²) in [5.74, 6) is 0.727. The fourth-order valence-corrected chi connectivity index (χ4v) is 3.14. The van der Waals surface area contributed by atoms with Crippen LogP contribution < -0.4 is 5.32 Å². The van der Waals surface area contributed by atoms with Gasteiger partial charge in [0.1, 0.15) is 0 Å². The first-order valence-corrected chi connectivity index (χ1v) is 8.43. The molecule has 0 aliphatic rings. The second-order valence-electron chi connectivity index (χ2n) is 5.30. The van der Waals surface area contributed by atoms with Crippen LogP contribution in [0.5, 0.6) is 0 Å². The van der Waals surface area contributed by atoms with Crippen LogP contribution in [-0.4, -0.2) is 6.54 Å². The van der Waals surface area contributed by atoms with E-state index in [9.17, 15) is 0 Å². The lowest BCUT2D eigenvalue weighted by atomic mass is 9.93. The van der Waals surface area contributed by atoms with Gasteiger partial charge in [0, 0.05) is 15.5 Å². The van der Waals surface area contributed by atoms with Crippen LogP contribution in [0.1, 0.15) is 58.1 Å². The highest BCUT2D eigenvalue weighted by Gasteiger charge is 2.17. The van der Waals surface area contributed by atoms with Crippen molar-refractivity contribution in [1.29, 1.82) is 0 Å². The topological polar surface area (TPSA) is 12.0 Å². The summed E-state index contributed by atoms with van der Waals surface area (Å²) in [5, 5.41) is 4.46. The largest absolute Gasteiger partial charge is 0.310 e. The molecule has 1 aromatic rings. The maximum absolute atomic E-state index is 6.14. The summed E-state index contributed by atoms with van der Waals surface area (Å²) in [6, 6.07) is 6.44. The van der Waals surface area contributed by atoms with Crippen molar-refractivity contribution in [2.45, 2.75) is 52.5 Å². The molecule has 19 heavy (non-hydrogen) atoms. The van der Waals surface area contributed by atoms with E-state index in [2.05, 4.69) is 48.1 Å². The Balaban J connectivity index is 2.85. The first-order valence-electron chi connectivity index (χ1n) is 7.26. The van der Waals surface area contributed by atoms with E-state index in [0.29, 0.717) is 6.04 Å². The SMILES string of the molecule is CCCNC(CC(C)CCC)c1cc(Cl)ccc1Br. The summed E-state index contributed by atoms with van der Waals surface area (Å²) >= 11 is 9.80. The van der Waals surface area contributed by atoms with E-state index in [1.165, 1.54) is 18.4 Å². The second kappa shape index (κ2) is 8.99. The Bertz CT molecular complexity index is 381. The Labute approximate surface area is 131 Å². The molecule has 0 saturated heterocycles. The predicted octanol–water partition coefficient (Wildman–Crippen LogP) is 5.97. The molecule has 0 aliphatic carbocycles. The Morgan fingerprint density at radius 2 is 2.00 bits per heavy atom. The monoisotopic (exact) mass is 345 g/mol. The van der Waals surface area contributed by atoms with Crippen molar-refractivity contribution in [3.8, 4) is 0 Å². The molecule has 0 saturated carbocycles. The highest BCUT2D eigenvalue weighted by molar-refractivity contribution is 9.10. The van der Waals surface area contributed by atoms with Crippen LogP contribution in [0.2, 0.25) is 5.02 Å².